The summed E-state index contributed by atoms with van der Waals surface area (Å²) in [5, 5.41) is 3.46. The summed E-state index contributed by atoms with van der Waals surface area (Å²) in [6, 6.07) is 6.35. The molecule has 2 aromatic rings. The summed E-state index contributed by atoms with van der Waals surface area (Å²) in [7, 11) is 0. The lowest BCUT2D eigenvalue weighted by Crippen LogP contribution is -2.24. The zero-order valence-corrected chi connectivity index (χ0v) is 11.8. The van der Waals surface area contributed by atoms with Crippen molar-refractivity contribution in [1.29, 1.82) is 0 Å². The van der Waals surface area contributed by atoms with E-state index in [4.69, 9.17) is 9.15 Å². The number of hydrogen-bond donors (Lipinski definition) is 1. The van der Waals surface area contributed by atoms with Crippen molar-refractivity contribution in [2.75, 3.05) is 11.9 Å². The molecule has 0 saturated heterocycles. The van der Waals surface area contributed by atoms with Gasteiger partial charge < -0.3 is 14.5 Å². The zero-order valence-electron chi connectivity index (χ0n) is 11.8. The van der Waals surface area contributed by atoms with Crippen LogP contribution >= 0.6 is 0 Å². The SMILES string of the molecule is Cc1cc(C)c2c(c1)NCC(c1cc(C)oc1C)O2. The largest absolute Gasteiger partial charge is 0.481 e. The Kier molecular flexibility index (Phi) is 2.77. The average Bonchev–Trinajstić information content (AvgIpc) is 2.68. The quantitative estimate of drug-likeness (QED) is 0.836. The molecule has 1 aliphatic heterocycles. The van der Waals surface area contributed by atoms with Crippen LogP contribution in [0.25, 0.3) is 0 Å². The molecular formula is C16H19NO2. The fourth-order valence-corrected chi connectivity index (χ4v) is 2.77. The van der Waals surface area contributed by atoms with Gasteiger partial charge in [0.25, 0.3) is 0 Å². The van der Waals surface area contributed by atoms with Crippen LogP contribution in [0.3, 0.4) is 0 Å². The Morgan fingerprint density at radius 3 is 2.58 bits per heavy atom. The van der Waals surface area contributed by atoms with Crippen molar-refractivity contribution in [3.8, 4) is 5.75 Å². The molecule has 1 N–H and O–H groups in total. The Hall–Kier alpha value is -1.90. The molecule has 0 bridgehead atoms. The van der Waals surface area contributed by atoms with Gasteiger partial charge in [-0.05, 0) is 51.0 Å². The van der Waals surface area contributed by atoms with E-state index in [0.29, 0.717) is 0 Å². The lowest BCUT2D eigenvalue weighted by Gasteiger charge is -2.28. The molecule has 0 amide bonds. The van der Waals surface area contributed by atoms with Gasteiger partial charge in [-0.15, -0.1) is 0 Å². The first-order valence-corrected chi connectivity index (χ1v) is 6.63. The van der Waals surface area contributed by atoms with Gasteiger partial charge in [0.05, 0.1) is 12.2 Å². The van der Waals surface area contributed by atoms with Gasteiger partial charge in [-0.25, -0.2) is 0 Å². The van der Waals surface area contributed by atoms with E-state index in [2.05, 4.69) is 37.4 Å². The molecule has 3 heteroatoms. The summed E-state index contributed by atoms with van der Waals surface area (Å²) < 4.78 is 11.8. The molecule has 0 fully saturated rings. The summed E-state index contributed by atoms with van der Waals surface area (Å²) in [5.74, 6) is 2.83. The number of benzene rings is 1. The Balaban J connectivity index is 1.96. The Morgan fingerprint density at radius 2 is 1.89 bits per heavy atom. The number of ether oxygens (including phenoxy) is 1. The van der Waals surface area contributed by atoms with Crippen LogP contribution in [-0.2, 0) is 0 Å². The third-order valence-electron chi connectivity index (χ3n) is 3.58. The monoisotopic (exact) mass is 257 g/mol. The van der Waals surface area contributed by atoms with Gasteiger partial charge in [0, 0.05) is 5.56 Å². The lowest BCUT2D eigenvalue weighted by molar-refractivity contribution is 0.206. The molecule has 0 radical (unpaired) electrons. The van der Waals surface area contributed by atoms with Crippen molar-refractivity contribution >= 4 is 5.69 Å². The highest BCUT2D eigenvalue weighted by molar-refractivity contribution is 5.63. The van der Waals surface area contributed by atoms with Crippen LogP contribution in [0.5, 0.6) is 5.75 Å². The van der Waals surface area contributed by atoms with E-state index in [1.54, 1.807) is 0 Å². The van der Waals surface area contributed by atoms with E-state index in [1.165, 1.54) is 11.1 Å². The Labute approximate surface area is 113 Å². The molecule has 2 heterocycles. The van der Waals surface area contributed by atoms with E-state index in [1.807, 2.05) is 13.8 Å². The molecular weight excluding hydrogens is 238 g/mol. The number of hydrogen-bond acceptors (Lipinski definition) is 3. The molecule has 0 saturated carbocycles. The predicted octanol–water partition coefficient (Wildman–Crippen LogP) is 4.06. The van der Waals surface area contributed by atoms with Crippen LogP contribution in [-0.4, -0.2) is 6.54 Å². The van der Waals surface area contributed by atoms with Crippen LogP contribution in [0.15, 0.2) is 22.6 Å². The van der Waals surface area contributed by atoms with E-state index in [9.17, 15) is 0 Å². The summed E-state index contributed by atoms with van der Waals surface area (Å²) in [5.41, 5.74) is 4.65. The molecule has 0 aliphatic carbocycles. The third kappa shape index (κ3) is 2.09. The topological polar surface area (TPSA) is 34.4 Å². The summed E-state index contributed by atoms with van der Waals surface area (Å²) in [6.45, 7) is 8.92. The average molecular weight is 257 g/mol. The molecule has 0 spiro atoms. The second-order valence-corrected chi connectivity index (χ2v) is 5.31. The van der Waals surface area contributed by atoms with Gasteiger partial charge in [-0.1, -0.05) is 6.07 Å². The zero-order chi connectivity index (χ0) is 13.6. The van der Waals surface area contributed by atoms with Gasteiger partial charge in [0.15, 0.2) is 0 Å². The van der Waals surface area contributed by atoms with E-state index >= 15 is 0 Å². The maximum atomic E-state index is 6.18. The molecule has 1 aliphatic rings. The van der Waals surface area contributed by atoms with Crippen molar-refractivity contribution in [3.05, 3.63) is 46.4 Å². The molecule has 100 valence electrons. The number of aryl methyl sites for hydroxylation is 4. The number of fused-ring (bicyclic) bond motifs is 1. The summed E-state index contributed by atoms with van der Waals surface area (Å²) in [6.07, 6.45) is 0.0198. The Bertz CT molecular complexity index is 628. The first-order valence-electron chi connectivity index (χ1n) is 6.63. The minimum absolute atomic E-state index is 0.0198. The number of anilines is 1. The molecule has 1 unspecified atom stereocenters. The van der Waals surface area contributed by atoms with E-state index in [0.717, 1.165) is 35.1 Å². The highest BCUT2D eigenvalue weighted by Gasteiger charge is 2.25. The number of nitrogens with one attached hydrogen (secondary N) is 1. The predicted molar refractivity (Wildman–Crippen MR) is 76.0 cm³/mol. The maximum Gasteiger partial charge on any atom is 0.146 e. The van der Waals surface area contributed by atoms with Gasteiger partial charge in [-0.2, -0.15) is 0 Å². The first-order chi connectivity index (χ1) is 9.04. The van der Waals surface area contributed by atoms with Crippen LogP contribution < -0.4 is 10.1 Å². The minimum atomic E-state index is 0.0198. The van der Waals surface area contributed by atoms with Crippen molar-refractivity contribution in [3.63, 3.8) is 0 Å². The molecule has 1 atom stereocenters. The lowest BCUT2D eigenvalue weighted by atomic mass is 10.0. The normalized spacial score (nSPS) is 17.6. The molecule has 1 aromatic heterocycles. The smallest absolute Gasteiger partial charge is 0.146 e. The van der Waals surface area contributed by atoms with Gasteiger partial charge in [0.2, 0.25) is 0 Å². The number of rotatable bonds is 1. The van der Waals surface area contributed by atoms with Crippen molar-refractivity contribution in [2.45, 2.75) is 33.8 Å². The van der Waals surface area contributed by atoms with Gasteiger partial charge >= 0.3 is 0 Å². The molecule has 3 nitrogen and oxygen atoms in total. The molecule has 19 heavy (non-hydrogen) atoms. The van der Waals surface area contributed by atoms with Crippen molar-refractivity contribution < 1.29 is 9.15 Å². The fourth-order valence-electron chi connectivity index (χ4n) is 2.77. The minimum Gasteiger partial charge on any atom is -0.481 e. The number of furan rings is 1. The standard InChI is InChI=1S/C16H19NO2/c1-9-5-10(2)16-14(6-9)17-8-15(19-16)13-7-11(3)18-12(13)4/h5-7,15,17H,8H2,1-4H3. The highest BCUT2D eigenvalue weighted by atomic mass is 16.5. The molecule has 1 aromatic carbocycles. The van der Waals surface area contributed by atoms with Gasteiger partial charge in [-0.3, -0.25) is 0 Å². The third-order valence-corrected chi connectivity index (χ3v) is 3.58. The summed E-state index contributed by atoms with van der Waals surface area (Å²) >= 11 is 0. The van der Waals surface area contributed by atoms with Crippen molar-refractivity contribution in [1.82, 2.24) is 0 Å². The molecule has 3 rings (SSSR count). The van der Waals surface area contributed by atoms with E-state index < -0.39 is 0 Å². The van der Waals surface area contributed by atoms with Crippen LogP contribution in [0.1, 0.15) is 34.3 Å². The van der Waals surface area contributed by atoms with Crippen LogP contribution in [0.2, 0.25) is 0 Å². The van der Waals surface area contributed by atoms with Crippen LogP contribution in [0.4, 0.5) is 5.69 Å². The Morgan fingerprint density at radius 1 is 1.11 bits per heavy atom. The second kappa shape index (κ2) is 4.34. The maximum absolute atomic E-state index is 6.18. The highest BCUT2D eigenvalue weighted by Crippen LogP contribution is 2.38. The fraction of sp³-hybridized carbons (Fsp3) is 0.375. The van der Waals surface area contributed by atoms with Gasteiger partial charge in [0.1, 0.15) is 23.4 Å². The first kappa shape index (κ1) is 12.2. The van der Waals surface area contributed by atoms with E-state index in [-0.39, 0.29) is 6.10 Å². The summed E-state index contributed by atoms with van der Waals surface area (Å²) in [4.78, 5) is 0. The second-order valence-electron chi connectivity index (χ2n) is 5.31. The van der Waals surface area contributed by atoms with Crippen molar-refractivity contribution in [2.24, 2.45) is 0 Å². The van der Waals surface area contributed by atoms with Crippen LogP contribution in [0, 0.1) is 27.7 Å².